The summed E-state index contributed by atoms with van der Waals surface area (Å²) in [4.78, 5) is 16.6. The topological polar surface area (TPSA) is 23.6 Å². The minimum Gasteiger partial charge on any atom is -0.322 e. The zero-order valence-electron chi connectivity index (χ0n) is 13.9. The van der Waals surface area contributed by atoms with Gasteiger partial charge in [0.2, 0.25) is 0 Å². The second-order valence-electron chi connectivity index (χ2n) is 7.13. The fourth-order valence-electron chi connectivity index (χ4n) is 3.71. The van der Waals surface area contributed by atoms with Crippen molar-refractivity contribution in [1.29, 1.82) is 0 Å². The SMILES string of the molecule is CC(C)c1ccc(N2CCN(CC3CCCCC3)C2=O)cc1. The summed E-state index contributed by atoms with van der Waals surface area (Å²) in [5.41, 5.74) is 2.37. The number of amides is 2. The predicted octanol–water partition coefficient (Wildman–Crippen LogP) is 4.63. The van der Waals surface area contributed by atoms with Crippen molar-refractivity contribution < 1.29 is 4.79 Å². The van der Waals surface area contributed by atoms with Crippen LogP contribution in [0.2, 0.25) is 0 Å². The maximum Gasteiger partial charge on any atom is 0.324 e. The van der Waals surface area contributed by atoms with E-state index in [4.69, 9.17) is 0 Å². The van der Waals surface area contributed by atoms with E-state index in [1.807, 2.05) is 4.90 Å². The number of anilines is 1. The molecular formula is C19H28N2O. The minimum atomic E-state index is 0.197. The molecule has 0 spiro atoms. The van der Waals surface area contributed by atoms with Gasteiger partial charge in [0, 0.05) is 25.3 Å². The molecular weight excluding hydrogens is 272 g/mol. The Hall–Kier alpha value is -1.51. The Morgan fingerprint density at radius 3 is 2.36 bits per heavy atom. The van der Waals surface area contributed by atoms with E-state index in [2.05, 4.69) is 43.0 Å². The number of carbonyl (C=O) groups excluding carboxylic acids is 1. The van der Waals surface area contributed by atoms with Crippen molar-refractivity contribution in [1.82, 2.24) is 4.90 Å². The van der Waals surface area contributed by atoms with E-state index in [1.54, 1.807) is 0 Å². The highest BCUT2D eigenvalue weighted by atomic mass is 16.2. The first kappa shape index (κ1) is 15.4. The van der Waals surface area contributed by atoms with E-state index in [9.17, 15) is 4.79 Å². The lowest BCUT2D eigenvalue weighted by atomic mass is 9.89. The number of hydrogen-bond acceptors (Lipinski definition) is 1. The van der Waals surface area contributed by atoms with Crippen LogP contribution in [0.4, 0.5) is 10.5 Å². The summed E-state index contributed by atoms with van der Waals surface area (Å²) >= 11 is 0. The third-order valence-electron chi connectivity index (χ3n) is 5.17. The Kier molecular flexibility index (Phi) is 4.70. The van der Waals surface area contributed by atoms with Crippen LogP contribution in [0.25, 0.3) is 0 Å². The lowest BCUT2D eigenvalue weighted by Crippen LogP contribution is -2.35. The molecule has 22 heavy (non-hydrogen) atoms. The average Bonchev–Trinajstić information content (AvgIpc) is 2.89. The maximum absolute atomic E-state index is 12.7. The average molecular weight is 300 g/mol. The highest BCUT2D eigenvalue weighted by Crippen LogP contribution is 2.28. The van der Waals surface area contributed by atoms with Crippen LogP contribution in [-0.2, 0) is 0 Å². The van der Waals surface area contributed by atoms with Crippen molar-refractivity contribution >= 4 is 11.7 Å². The highest BCUT2D eigenvalue weighted by Gasteiger charge is 2.31. The normalized spacial score (nSPS) is 20.2. The molecule has 1 saturated carbocycles. The quantitative estimate of drug-likeness (QED) is 0.795. The van der Waals surface area contributed by atoms with E-state index in [0.29, 0.717) is 5.92 Å². The molecule has 3 nitrogen and oxygen atoms in total. The van der Waals surface area contributed by atoms with Gasteiger partial charge in [0.1, 0.15) is 0 Å². The molecule has 1 aliphatic carbocycles. The number of benzene rings is 1. The van der Waals surface area contributed by atoms with Crippen molar-refractivity contribution in [3.05, 3.63) is 29.8 Å². The van der Waals surface area contributed by atoms with Crippen molar-refractivity contribution in [3.8, 4) is 0 Å². The number of urea groups is 1. The van der Waals surface area contributed by atoms with Gasteiger partial charge in [-0.15, -0.1) is 0 Å². The zero-order chi connectivity index (χ0) is 15.5. The Labute approximate surface area is 134 Å². The second kappa shape index (κ2) is 6.72. The molecule has 3 heteroatoms. The van der Waals surface area contributed by atoms with Gasteiger partial charge in [-0.25, -0.2) is 4.79 Å². The lowest BCUT2D eigenvalue weighted by Gasteiger charge is -2.27. The summed E-state index contributed by atoms with van der Waals surface area (Å²) in [5, 5.41) is 0. The van der Waals surface area contributed by atoms with E-state index in [1.165, 1.54) is 37.7 Å². The van der Waals surface area contributed by atoms with E-state index in [-0.39, 0.29) is 6.03 Å². The van der Waals surface area contributed by atoms with Crippen LogP contribution in [0, 0.1) is 5.92 Å². The minimum absolute atomic E-state index is 0.197. The fourth-order valence-corrected chi connectivity index (χ4v) is 3.71. The monoisotopic (exact) mass is 300 g/mol. The first-order chi connectivity index (χ1) is 10.6. The summed E-state index contributed by atoms with van der Waals surface area (Å²) in [6, 6.07) is 8.69. The molecule has 0 radical (unpaired) electrons. The fraction of sp³-hybridized carbons (Fsp3) is 0.632. The lowest BCUT2D eigenvalue weighted by molar-refractivity contribution is 0.202. The van der Waals surface area contributed by atoms with Gasteiger partial charge in [-0.05, 0) is 42.4 Å². The van der Waals surface area contributed by atoms with Crippen molar-refractivity contribution in [2.75, 3.05) is 24.5 Å². The Balaban J connectivity index is 1.62. The van der Waals surface area contributed by atoms with Crippen LogP contribution in [0.5, 0.6) is 0 Å². The third kappa shape index (κ3) is 3.29. The van der Waals surface area contributed by atoms with Crippen LogP contribution >= 0.6 is 0 Å². The van der Waals surface area contributed by atoms with Crippen LogP contribution < -0.4 is 4.90 Å². The Morgan fingerprint density at radius 2 is 1.73 bits per heavy atom. The standard InChI is InChI=1S/C19H28N2O/c1-15(2)17-8-10-18(11-9-17)21-13-12-20(19(21)22)14-16-6-4-3-5-7-16/h8-11,15-16H,3-7,12-14H2,1-2H3. The highest BCUT2D eigenvalue weighted by molar-refractivity contribution is 5.94. The van der Waals surface area contributed by atoms with Crippen molar-refractivity contribution in [2.24, 2.45) is 5.92 Å². The van der Waals surface area contributed by atoms with Gasteiger partial charge in [0.25, 0.3) is 0 Å². The predicted molar refractivity (Wildman–Crippen MR) is 91.4 cm³/mol. The molecule has 1 saturated heterocycles. The summed E-state index contributed by atoms with van der Waals surface area (Å²) in [7, 11) is 0. The van der Waals surface area contributed by atoms with Crippen LogP contribution in [0.15, 0.2) is 24.3 Å². The number of nitrogens with zero attached hydrogens (tertiary/aromatic N) is 2. The molecule has 1 aromatic carbocycles. The summed E-state index contributed by atoms with van der Waals surface area (Å²) < 4.78 is 0. The molecule has 0 aromatic heterocycles. The molecule has 0 N–H and O–H groups in total. The molecule has 1 aliphatic heterocycles. The van der Waals surface area contributed by atoms with Gasteiger partial charge in [-0.1, -0.05) is 45.2 Å². The van der Waals surface area contributed by atoms with Crippen LogP contribution in [0.1, 0.15) is 57.4 Å². The Morgan fingerprint density at radius 1 is 1.05 bits per heavy atom. The first-order valence-electron chi connectivity index (χ1n) is 8.81. The largest absolute Gasteiger partial charge is 0.324 e. The zero-order valence-corrected chi connectivity index (χ0v) is 13.9. The number of rotatable bonds is 4. The molecule has 0 bridgehead atoms. The molecule has 1 aromatic rings. The van der Waals surface area contributed by atoms with Crippen molar-refractivity contribution in [2.45, 2.75) is 51.9 Å². The van der Waals surface area contributed by atoms with Gasteiger partial charge in [-0.2, -0.15) is 0 Å². The van der Waals surface area contributed by atoms with Gasteiger partial charge < -0.3 is 4.90 Å². The van der Waals surface area contributed by atoms with Crippen LogP contribution in [0.3, 0.4) is 0 Å². The van der Waals surface area contributed by atoms with Crippen LogP contribution in [-0.4, -0.2) is 30.6 Å². The molecule has 2 amide bonds. The summed E-state index contributed by atoms with van der Waals surface area (Å²) in [6.45, 7) is 7.05. The molecule has 1 heterocycles. The maximum atomic E-state index is 12.7. The number of hydrogen-bond donors (Lipinski definition) is 0. The van der Waals surface area contributed by atoms with Gasteiger partial charge >= 0.3 is 6.03 Å². The van der Waals surface area contributed by atoms with Gasteiger partial charge in [-0.3, -0.25) is 4.90 Å². The molecule has 2 fully saturated rings. The molecule has 2 aliphatic rings. The first-order valence-corrected chi connectivity index (χ1v) is 8.81. The smallest absolute Gasteiger partial charge is 0.322 e. The third-order valence-corrected chi connectivity index (χ3v) is 5.17. The van der Waals surface area contributed by atoms with Gasteiger partial charge in [0.05, 0.1) is 0 Å². The molecule has 120 valence electrons. The number of carbonyl (C=O) groups is 1. The van der Waals surface area contributed by atoms with Gasteiger partial charge in [0.15, 0.2) is 0 Å². The molecule has 3 rings (SSSR count). The van der Waals surface area contributed by atoms with E-state index in [0.717, 1.165) is 31.2 Å². The Bertz CT molecular complexity index is 503. The summed E-state index contributed by atoms with van der Waals surface area (Å²) in [5.74, 6) is 1.26. The second-order valence-corrected chi connectivity index (χ2v) is 7.13. The van der Waals surface area contributed by atoms with E-state index >= 15 is 0 Å². The summed E-state index contributed by atoms with van der Waals surface area (Å²) in [6.07, 6.45) is 6.65. The van der Waals surface area contributed by atoms with Crippen molar-refractivity contribution in [3.63, 3.8) is 0 Å². The van der Waals surface area contributed by atoms with E-state index < -0.39 is 0 Å². The molecule has 0 atom stereocenters. The molecule has 0 unspecified atom stereocenters.